The van der Waals surface area contributed by atoms with E-state index in [0.29, 0.717) is 18.2 Å². The van der Waals surface area contributed by atoms with Gasteiger partial charge in [0.2, 0.25) is 10.0 Å². The molecule has 1 aromatic rings. The van der Waals surface area contributed by atoms with Gasteiger partial charge in [-0.05, 0) is 63.6 Å². The molecule has 1 unspecified atom stereocenters. The van der Waals surface area contributed by atoms with Crippen molar-refractivity contribution in [3.05, 3.63) is 29.3 Å². The second-order valence-corrected chi connectivity index (χ2v) is 10.8. The molecule has 30 heavy (non-hydrogen) atoms. The van der Waals surface area contributed by atoms with Gasteiger partial charge in [-0.15, -0.1) is 0 Å². The average molecular weight is 437 g/mol. The van der Waals surface area contributed by atoms with E-state index in [0.717, 1.165) is 44.2 Å². The smallest absolute Gasteiger partial charge is 0.251 e. The number of aryl methyl sites for hydroxylation is 1. The van der Waals surface area contributed by atoms with Crippen LogP contribution in [0.5, 0.6) is 0 Å². The lowest BCUT2D eigenvalue weighted by atomic mass is 9.96. The molecule has 1 saturated heterocycles. The number of nitrogens with one attached hydrogen (secondary N) is 3. The van der Waals surface area contributed by atoms with Gasteiger partial charge in [0.05, 0.1) is 24.0 Å². The largest absolute Gasteiger partial charge is 0.352 e. The molecule has 7 heteroatoms. The van der Waals surface area contributed by atoms with Gasteiger partial charge in [-0.3, -0.25) is 4.79 Å². The monoisotopic (exact) mass is 436 g/mol. The number of hydrogen-bond acceptors (Lipinski definition) is 3. The van der Waals surface area contributed by atoms with Crippen LogP contribution >= 0.6 is 0 Å². The number of carbonyl (C=O) groups excluding carboxylic acids is 1. The summed E-state index contributed by atoms with van der Waals surface area (Å²) in [6.45, 7) is 7.07. The molecule has 1 aliphatic heterocycles. The topological polar surface area (TPSA) is 79.7 Å². The third-order valence-electron chi connectivity index (χ3n) is 6.73. The highest BCUT2D eigenvalue weighted by atomic mass is 32.2. The Labute approximate surface area is 181 Å². The minimum absolute atomic E-state index is 0.00186. The highest BCUT2D eigenvalue weighted by molar-refractivity contribution is 7.89. The molecular formula is C23H38N3O3S+. The Morgan fingerprint density at radius 2 is 1.83 bits per heavy atom. The zero-order valence-electron chi connectivity index (χ0n) is 18.5. The van der Waals surface area contributed by atoms with Crippen LogP contribution in [0.4, 0.5) is 0 Å². The number of sulfonamides is 1. The second kappa shape index (κ2) is 10.7. The van der Waals surface area contributed by atoms with Crippen LogP contribution in [0.15, 0.2) is 23.1 Å². The van der Waals surface area contributed by atoms with E-state index in [9.17, 15) is 13.2 Å². The Balaban J connectivity index is 1.56. The molecule has 1 saturated carbocycles. The zero-order chi connectivity index (χ0) is 21.6. The number of likely N-dealkylation sites (tertiary alicyclic amines) is 1. The Morgan fingerprint density at radius 1 is 1.10 bits per heavy atom. The number of hydrogen-bond donors (Lipinski definition) is 3. The summed E-state index contributed by atoms with van der Waals surface area (Å²) in [5.74, 6) is -0.191. The van der Waals surface area contributed by atoms with Crippen molar-refractivity contribution < 1.29 is 18.1 Å². The van der Waals surface area contributed by atoms with E-state index >= 15 is 0 Å². The Bertz CT molecular complexity index is 819. The molecule has 2 atom stereocenters. The van der Waals surface area contributed by atoms with Crippen LogP contribution in [0.1, 0.15) is 80.6 Å². The van der Waals surface area contributed by atoms with Gasteiger partial charge in [-0.2, -0.15) is 0 Å². The van der Waals surface area contributed by atoms with Crippen LogP contribution in [0.2, 0.25) is 0 Å². The van der Waals surface area contributed by atoms with Crippen molar-refractivity contribution in [2.75, 3.05) is 19.6 Å². The lowest BCUT2D eigenvalue weighted by molar-refractivity contribution is -0.928. The van der Waals surface area contributed by atoms with Crippen molar-refractivity contribution in [1.29, 1.82) is 0 Å². The van der Waals surface area contributed by atoms with E-state index < -0.39 is 10.0 Å². The van der Waals surface area contributed by atoms with Crippen LogP contribution in [-0.2, 0) is 10.0 Å². The van der Waals surface area contributed by atoms with Gasteiger partial charge < -0.3 is 10.2 Å². The van der Waals surface area contributed by atoms with Crippen molar-refractivity contribution in [1.82, 2.24) is 10.0 Å². The van der Waals surface area contributed by atoms with Crippen molar-refractivity contribution >= 4 is 15.9 Å². The first-order valence-corrected chi connectivity index (χ1v) is 13.1. The Kier molecular flexibility index (Phi) is 8.31. The number of benzene rings is 1. The maximum atomic E-state index is 12.8. The molecule has 2 fully saturated rings. The van der Waals surface area contributed by atoms with E-state index in [2.05, 4.69) is 17.0 Å². The zero-order valence-corrected chi connectivity index (χ0v) is 19.3. The maximum Gasteiger partial charge on any atom is 0.251 e. The molecule has 3 N–H and O–H groups in total. The lowest BCUT2D eigenvalue weighted by Gasteiger charge is -2.30. The molecule has 0 spiro atoms. The van der Waals surface area contributed by atoms with Gasteiger partial charge in [-0.25, -0.2) is 13.1 Å². The minimum atomic E-state index is -3.61. The molecule has 1 aliphatic carbocycles. The average Bonchev–Trinajstić information content (AvgIpc) is 2.73. The summed E-state index contributed by atoms with van der Waals surface area (Å²) in [6.07, 6.45) is 9.91. The maximum absolute atomic E-state index is 12.8. The van der Waals surface area contributed by atoms with Crippen LogP contribution < -0.4 is 14.9 Å². The fourth-order valence-electron chi connectivity index (χ4n) is 4.76. The number of rotatable bonds is 8. The van der Waals surface area contributed by atoms with Crippen molar-refractivity contribution in [3.8, 4) is 0 Å². The summed E-state index contributed by atoms with van der Waals surface area (Å²) >= 11 is 0. The van der Waals surface area contributed by atoms with Crippen LogP contribution in [0.25, 0.3) is 0 Å². The molecule has 168 valence electrons. The summed E-state index contributed by atoms with van der Waals surface area (Å²) in [6, 6.07) is 5.55. The van der Waals surface area contributed by atoms with Crippen LogP contribution in [0.3, 0.4) is 0 Å². The summed E-state index contributed by atoms with van der Waals surface area (Å²) in [4.78, 5) is 14.5. The number of piperidine rings is 1. The number of amides is 1. The normalized spacial score (nSPS) is 23.3. The van der Waals surface area contributed by atoms with Crippen molar-refractivity contribution in [2.24, 2.45) is 0 Å². The van der Waals surface area contributed by atoms with E-state index in [-0.39, 0.29) is 16.8 Å². The predicted octanol–water partition coefficient (Wildman–Crippen LogP) is 2.18. The Hall–Kier alpha value is -1.44. The van der Waals surface area contributed by atoms with Gasteiger partial charge in [0.25, 0.3) is 5.91 Å². The van der Waals surface area contributed by atoms with Gasteiger partial charge in [0.1, 0.15) is 0 Å². The summed E-state index contributed by atoms with van der Waals surface area (Å²) in [5.41, 5.74) is 1.24. The molecule has 0 bridgehead atoms. The molecule has 6 nitrogen and oxygen atoms in total. The Morgan fingerprint density at radius 3 is 2.57 bits per heavy atom. The molecule has 0 aromatic heterocycles. The van der Waals surface area contributed by atoms with E-state index in [1.807, 2.05) is 6.92 Å². The van der Waals surface area contributed by atoms with Gasteiger partial charge >= 0.3 is 0 Å². The first kappa shape index (κ1) is 23.2. The van der Waals surface area contributed by atoms with Gasteiger partial charge in [0, 0.05) is 24.6 Å². The van der Waals surface area contributed by atoms with E-state index in [1.165, 1.54) is 38.3 Å². The fourth-order valence-corrected chi connectivity index (χ4v) is 6.09. The lowest BCUT2D eigenvalue weighted by Crippen LogP contribution is -3.16. The third kappa shape index (κ3) is 6.28. The molecule has 3 rings (SSSR count). The number of carbonyl (C=O) groups is 1. The van der Waals surface area contributed by atoms with E-state index in [1.54, 1.807) is 17.0 Å². The molecular weight excluding hydrogens is 398 g/mol. The quantitative estimate of drug-likeness (QED) is 0.547. The third-order valence-corrected chi connectivity index (χ3v) is 8.25. The molecule has 0 radical (unpaired) electrons. The minimum Gasteiger partial charge on any atom is -0.352 e. The van der Waals surface area contributed by atoms with Gasteiger partial charge in [0.15, 0.2) is 0 Å². The number of quaternary nitrogens is 1. The first-order valence-electron chi connectivity index (χ1n) is 11.6. The van der Waals surface area contributed by atoms with Gasteiger partial charge in [-0.1, -0.05) is 25.3 Å². The highest BCUT2D eigenvalue weighted by Crippen LogP contribution is 2.21. The summed E-state index contributed by atoms with van der Waals surface area (Å²) in [7, 11) is -3.61. The van der Waals surface area contributed by atoms with Crippen LogP contribution in [-0.4, -0.2) is 46.0 Å². The molecule has 1 heterocycles. The predicted molar refractivity (Wildman–Crippen MR) is 119 cm³/mol. The summed E-state index contributed by atoms with van der Waals surface area (Å²) < 4.78 is 28.4. The first-order chi connectivity index (χ1) is 14.4. The standard InChI is InChI=1S/C23H37N3O3S/c1-18-12-13-21(30(28,29)25-20-10-4-3-5-11-20)17-22(18)23(27)24-14-8-16-26-15-7-6-9-19(26)2/h12-13,17,19-20,25H,3-11,14-16H2,1-2H3,(H,24,27)/p+1/t19-/m1/s1. The molecule has 2 aliphatic rings. The van der Waals surface area contributed by atoms with Crippen molar-refractivity contribution in [3.63, 3.8) is 0 Å². The fraction of sp³-hybridized carbons (Fsp3) is 0.696. The second-order valence-electron chi connectivity index (χ2n) is 9.10. The highest BCUT2D eigenvalue weighted by Gasteiger charge is 2.24. The van der Waals surface area contributed by atoms with Crippen LogP contribution in [0, 0.1) is 6.92 Å². The molecule has 1 aromatic carbocycles. The molecule has 1 amide bonds. The summed E-state index contributed by atoms with van der Waals surface area (Å²) in [5, 5.41) is 2.99. The van der Waals surface area contributed by atoms with Crippen molar-refractivity contribution in [2.45, 2.75) is 88.6 Å². The SMILES string of the molecule is Cc1ccc(S(=O)(=O)NC2CCCCC2)cc1C(=O)NCCC[NH+]1CCCC[C@H]1C. The van der Waals surface area contributed by atoms with E-state index in [4.69, 9.17) is 0 Å².